The van der Waals surface area contributed by atoms with E-state index in [9.17, 15) is 4.79 Å². The minimum Gasteiger partial charge on any atom is -0.359 e. The summed E-state index contributed by atoms with van der Waals surface area (Å²) in [4.78, 5) is 13.6. The van der Waals surface area contributed by atoms with E-state index in [1.165, 1.54) is 0 Å². The number of hydrogen-bond acceptors (Lipinski definition) is 3. The van der Waals surface area contributed by atoms with E-state index in [1.54, 1.807) is 0 Å². The van der Waals surface area contributed by atoms with Gasteiger partial charge in [-0.1, -0.05) is 0 Å². The molecule has 2 aliphatic heterocycles. The van der Waals surface area contributed by atoms with Crippen molar-refractivity contribution in [3.8, 4) is 0 Å². The molecule has 0 saturated carbocycles. The summed E-state index contributed by atoms with van der Waals surface area (Å²) >= 11 is 0. The van der Waals surface area contributed by atoms with Gasteiger partial charge in [0, 0.05) is 26.2 Å². The van der Waals surface area contributed by atoms with Gasteiger partial charge >= 0.3 is 0 Å². The van der Waals surface area contributed by atoms with Crippen molar-refractivity contribution in [2.45, 2.75) is 12.8 Å². The van der Waals surface area contributed by atoms with Gasteiger partial charge in [0.15, 0.2) is 6.10 Å². The fourth-order valence-corrected chi connectivity index (χ4v) is 1.73. The van der Waals surface area contributed by atoms with Crippen LogP contribution in [0.3, 0.4) is 0 Å². The third-order valence-corrected chi connectivity index (χ3v) is 2.47. The molecule has 2 aliphatic rings. The molecule has 73 valence electrons. The minimum atomic E-state index is 0.0877. The van der Waals surface area contributed by atoms with Crippen LogP contribution in [0, 0.1) is 6.10 Å². The van der Waals surface area contributed by atoms with Crippen molar-refractivity contribution in [2.75, 3.05) is 32.8 Å². The summed E-state index contributed by atoms with van der Waals surface area (Å²) in [5, 5.41) is 3.13. The Bertz CT molecular complexity index is 184. The quantitative estimate of drug-likeness (QED) is 0.610. The summed E-state index contributed by atoms with van der Waals surface area (Å²) in [7, 11) is 0. The van der Waals surface area contributed by atoms with Crippen molar-refractivity contribution in [1.82, 2.24) is 10.2 Å². The molecule has 13 heavy (non-hydrogen) atoms. The van der Waals surface area contributed by atoms with Gasteiger partial charge in [0.2, 0.25) is 0 Å². The largest absolute Gasteiger partial charge is 0.359 e. The average Bonchev–Trinajstić information content (AvgIpc) is 2.71. The van der Waals surface area contributed by atoms with Gasteiger partial charge in [-0.3, -0.25) is 4.79 Å². The molecular weight excluding hydrogens is 168 g/mol. The fourth-order valence-electron chi connectivity index (χ4n) is 1.73. The Labute approximate surface area is 78.2 Å². The molecule has 0 aromatic carbocycles. The van der Waals surface area contributed by atoms with Gasteiger partial charge in [-0.15, -0.1) is 0 Å². The Morgan fingerprint density at radius 1 is 1.38 bits per heavy atom. The van der Waals surface area contributed by atoms with Crippen molar-refractivity contribution < 1.29 is 9.53 Å². The first-order valence-electron chi connectivity index (χ1n) is 4.86. The van der Waals surface area contributed by atoms with Crippen molar-refractivity contribution in [3.05, 3.63) is 6.10 Å². The van der Waals surface area contributed by atoms with Crippen LogP contribution in [0.4, 0.5) is 0 Å². The highest BCUT2D eigenvalue weighted by Gasteiger charge is 2.29. The van der Waals surface area contributed by atoms with Crippen LogP contribution in [0.15, 0.2) is 0 Å². The minimum absolute atomic E-state index is 0.0877. The first-order chi connectivity index (χ1) is 6.38. The maximum Gasteiger partial charge on any atom is 0.259 e. The third kappa shape index (κ3) is 2.00. The molecule has 0 atom stereocenters. The van der Waals surface area contributed by atoms with E-state index in [1.807, 2.05) is 4.90 Å². The second-order valence-corrected chi connectivity index (χ2v) is 3.45. The normalized spacial score (nSPS) is 25.1. The fraction of sp³-hybridized carbons (Fsp3) is 0.778. The SMILES string of the molecule is O=C([C]1CNCCO1)N1CCCC1. The van der Waals surface area contributed by atoms with Crippen LogP contribution in [0.5, 0.6) is 0 Å². The van der Waals surface area contributed by atoms with E-state index >= 15 is 0 Å². The van der Waals surface area contributed by atoms with Crippen LogP contribution in [0.1, 0.15) is 12.8 Å². The van der Waals surface area contributed by atoms with Gasteiger partial charge in [0.05, 0.1) is 6.61 Å². The lowest BCUT2D eigenvalue weighted by atomic mass is 10.2. The molecule has 4 nitrogen and oxygen atoms in total. The number of carbonyl (C=O) groups is 1. The molecule has 0 unspecified atom stereocenters. The van der Waals surface area contributed by atoms with Crippen LogP contribution in [-0.4, -0.2) is 43.6 Å². The van der Waals surface area contributed by atoms with Gasteiger partial charge in [-0.05, 0) is 12.8 Å². The van der Waals surface area contributed by atoms with Gasteiger partial charge in [-0.25, -0.2) is 0 Å². The summed E-state index contributed by atoms with van der Waals surface area (Å²) < 4.78 is 5.32. The lowest BCUT2D eigenvalue weighted by Crippen LogP contribution is -2.43. The lowest BCUT2D eigenvalue weighted by Gasteiger charge is -2.25. The number of likely N-dealkylation sites (tertiary alicyclic amines) is 1. The molecule has 0 aliphatic carbocycles. The third-order valence-electron chi connectivity index (χ3n) is 2.47. The average molecular weight is 183 g/mol. The molecule has 2 heterocycles. The Morgan fingerprint density at radius 2 is 2.15 bits per heavy atom. The molecule has 2 saturated heterocycles. The zero-order valence-electron chi connectivity index (χ0n) is 7.71. The predicted molar refractivity (Wildman–Crippen MR) is 47.9 cm³/mol. The van der Waals surface area contributed by atoms with Gasteiger partial charge < -0.3 is 15.0 Å². The highest BCUT2D eigenvalue weighted by molar-refractivity contribution is 5.88. The molecule has 1 N–H and O–H groups in total. The second-order valence-electron chi connectivity index (χ2n) is 3.45. The van der Waals surface area contributed by atoms with E-state index < -0.39 is 0 Å². The number of amides is 1. The van der Waals surface area contributed by atoms with Crippen molar-refractivity contribution >= 4 is 5.91 Å². The number of morpholine rings is 1. The molecule has 1 radical (unpaired) electrons. The highest BCUT2D eigenvalue weighted by Crippen LogP contribution is 2.15. The number of rotatable bonds is 1. The van der Waals surface area contributed by atoms with Crippen LogP contribution in [0.2, 0.25) is 0 Å². The van der Waals surface area contributed by atoms with Crippen LogP contribution < -0.4 is 5.32 Å². The summed E-state index contributed by atoms with van der Waals surface area (Å²) in [5.74, 6) is 0.0877. The molecule has 0 aromatic rings. The smallest absolute Gasteiger partial charge is 0.259 e. The van der Waals surface area contributed by atoms with E-state index in [0.29, 0.717) is 19.3 Å². The van der Waals surface area contributed by atoms with E-state index in [4.69, 9.17) is 4.74 Å². The van der Waals surface area contributed by atoms with Gasteiger partial charge in [-0.2, -0.15) is 0 Å². The summed E-state index contributed by atoms with van der Waals surface area (Å²) in [6.45, 7) is 3.85. The summed E-state index contributed by atoms with van der Waals surface area (Å²) in [6.07, 6.45) is 2.85. The van der Waals surface area contributed by atoms with Crippen LogP contribution >= 0.6 is 0 Å². The van der Waals surface area contributed by atoms with Gasteiger partial charge in [0.1, 0.15) is 0 Å². The van der Waals surface area contributed by atoms with E-state index in [2.05, 4.69) is 5.32 Å². The van der Waals surface area contributed by atoms with E-state index in [0.717, 1.165) is 32.5 Å². The lowest BCUT2D eigenvalue weighted by molar-refractivity contribution is -0.135. The maximum absolute atomic E-state index is 11.7. The Balaban J connectivity index is 1.87. The Kier molecular flexibility index (Phi) is 2.80. The monoisotopic (exact) mass is 183 g/mol. The zero-order valence-corrected chi connectivity index (χ0v) is 7.71. The molecule has 2 rings (SSSR count). The van der Waals surface area contributed by atoms with Crippen LogP contribution in [0.25, 0.3) is 0 Å². The second kappa shape index (κ2) is 4.07. The highest BCUT2D eigenvalue weighted by atomic mass is 16.5. The van der Waals surface area contributed by atoms with Crippen molar-refractivity contribution in [2.24, 2.45) is 0 Å². The predicted octanol–water partition coefficient (Wildman–Crippen LogP) is -0.239. The molecular formula is C9H15N2O2. The van der Waals surface area contributed by atoms with Crippen molar-refractivity contribution in [1.29, 1.82) is 0 Å². The van der Waals surface area contributed by atoms with E-state index in [-0.39, 0.29) is 5.91 Å². The molecule has 2 fully saturated rings. The topological polar surface area (TPSA) is 41.6 Å². The number of hydrogen-bond donors (Lipinski definition) is 1. The molecule has 4 heteroatoms. The molecule has 0 spiro atoms. The summed E-state index contributed by atoms with van der Waals surface area (Å²) in [6, 6.07) is 0. The number of carbonyl (C=O) groups excluding carboxylic acids is 1. The number of ether oxygens (including phenoxy) is 1. The maximum atomic E-state index is 11.7. The zero-order chi connectivity index (χ0) is 9.10. The number of nitrogens with one attached hydrogen (secondary N) is 1. The van der Waals surface area contributed by atoms with Crippen molar-refractivity contribution in [3.63, 3.8) is 0 Å². The standard InChI is InChI=1S/C9H15N2O2/c12-9(11-4-1-2-5-11)8-7-10-3-6-13-8/h10H,1-7H2. The number of nitrogens with zero attached hydrogens (tertiary/aromatic N) is 1. The molecule has 1 amide bonds. The Morgan fingerprint density at radius 3 is 2.77 bits per heavy atom. The Hall–Kier alpha value is -0.610. The molecule has 0 aromatic heterocycles. The van der Waals surface area contributed by atoms with Crippen LogP contribution in [-0.2, 0) is 9.53 Å². The first-order valence-corrected chi connectivity index (χ1v) is 4.86. The summed E-state index contributed by atoms with van der Waals surface area (Å²) in [5.41, 5.74) is 0. The first kappa shape index (κ1) is 8.97. The van der Waals surface area contributed by atoms with Gasteiger partial charge in [0.25, 0.3) is 5.91 Å². The molecule has 0 bridgehead atoms.